The van der Waals surface area contributed by atoms with Crippen molar-refractivity contribution in [3.05, 3.63) is 65.7 Å². The molecule has 0 aliphatic carbocycles. The SMILES string of the molecule is CCC(CO)NC(=O)Nc1ccc(COCc2ccccc2)cc1. The van der Waals surface area contributed by atoms with Crippen LogP contribution < -0.4 is 10.6 Å². The van der Waals surface area contributed by atoms with E-state index in [9.17, 15) is 4.79 Å². The highest BCUT2D eigenvalue weighted by Crippen LogP contribution is 2.11. The van der Waals surface area contributed by atoms with E-state index in [2.05, 4.69) is 10.6 Å². The number of ether oxygens (including phenoxy) is 1. The molecule has 5 heteroatoms. The number of rotatable bonds is 8. The largest absolute Gasteiger partial charge is 0.394 e. The minimum atomic E-state index is -0.316. The normalized spacial score (nSPS) is 11.8. The smallest absolute Gasteiger partial charge is 0.319 e. The van der Waals surface area contributed by atoms with E-state index in [1.54, 1.807) is 0 Å². The average molecular weight is 328 g/mol. The van der Waals surface area contributed by atoms with Crippen LogP contribution in [0.25, 0.3) is 0 Å². The fraction of sp³-hybridized carbons (Fsp3) is 0.316. The number of anilines is 1. The van der Waals surface area contributed by atoms with Crippen molar-refractivity contribution in [2.75, 3.05) is 11.9 Å². The van der Waals surface area contributed by atoms with Gasteiger partial charge in [0.05, 0.1) is 25.9 Å². The van der Waals surface area contributed by atoms with E-state index in [1.165, 1.54) is 0 Å². The Kier molecular flexibility index (Phi) is 7.26. The quantitative estimate of drug-likeness (QED) is 0.696. The molecular weight excluding hydrogens is 304 g/mol. The summed E-state index contributed by atoms with van der Waals surface area (Å²) in [6, 6.07) is 17.0. The van der Waals surface area contributed by atoms with Crippen LogP contribution in [0, 0.1) is 0 Å². The zero-order valence-electron chi connectivity index (χ0n) is 13.9. The Labute approximate surface area is 142 Å². The maximum Gasteiger partial charge on any atom is 0.319 e. The van der Waals surface area contributed by atoms with E-state index in [4.69, 9.17) is 9.84 Å². The number of benzene rings is 2. The summed E-state index contributed by atoms with van der Waals surface area (Å²) in [5.74, 6) is 0. The van der Waals surface area contributed by atoms with Gasteiger partial charge in [0.15, 0.2) is 0 Å². The highest BCUT2D eigenvalue weighted by molar-refractivity contribution is 5.89. The lowest BCUT2D eigenvalue weighted by Crippen LogP contribution is -2.39. The molecule has 0 radical (unpaired) electrons. The Morgan fingerprint density at radius 3 is 2.25 bits per heavy atom. The number of hydrogen-bond acceptors (Lipinski definition) is 3. The van der Waals surface area contributed by atoms with Gasteiger partial charge in [0.1, 0.15) is 0 Å². The molecule has 0 aliphatic rings. The summed E-state index contributed by atoms with van der Waals surface area (Å²) in [6.07, 6.45) is 0.682. The predicted molar refractivity (Wildman–Crippen MR) is 94.7 cm³/mol. The first kappa shape index (κ1) is 18.0. The van der Waals surface area contributed by atoms with Crippen LogP contribution in [0.15, 0.2) is 54.6 Å². The summed E-state index contributed by atoms with van der Waals surface area (Å²) in [5, 5.41) is 14.5. The molecule has 0 bridgehead atoms. The molecule has 3 N–H and O–H groups in total. The molecule has 0 fully saturated rings. The molecule has 0 saturated heterocycles. The van der Waals surface area contributed by atoms with Crippen molar-refractivity contribution in [1.82, 2.24) is 5.32 Å². The third-order valence-corrected chi connectivity index (χ3v) is 3.64. The molecule has 128 valence electrons. The lowest BCUT2D eigenvalue weighted by molar-refractivity contribution is 0.107. The van der Waals surface area contributed by atoms with Crippen LogP contribution in [0.4, 0.5) is 10.5 Å². The monoisotopic (exact) mass is 328 g/mol. The second kappa shape index (κ2) is 9.70. The first-order valence-electron chi connectivity index (χ1n) is 8.10. The minimum absolute atomic E-state index is 0.0678. The number of aliphatic hydroxyl groups excluding tert-OH is 1. The summed E-state index contributed by atoms with van der Waals surface area (Å²) < 4.78 is 5.68. The topological polar surface area (TPSA) is 70.6 Å². The van der Waals surface area contributed by atoms with Gasteiger partial charge in [-0.2, -0.15) is 0 Å². The van der Waals surface area contributed by atoms with Crippen LogP contribution in [0.1, 0.15) is 24.5 Å². The Morgan fingerprint density at radius 1 is 1.04 bits per heavy atom. The summed E-state index contributed by atoms with van der Waals surface area (Å²) in [5.41, 5.74) is 2.88. The number of nitrogens with one attached hydrogen (secondary N) is 2. The maximum atomic E-state index is 11.8. The zero-order valence-corrected chi connectivity index (χ0v) is 13.9. The lowest BCUT2D eigenvalue weighted by atomic mass is 10.2. The van der Waals surface area contributed by atoms with Crippen LogP contribution in [-0.2, 0) is 18.0 Å². The molecule has 0 aliphatic heterocycles. The number of hydrogen-bond donors (Lipinski definition) is 3. The molecule has 5 nitrogen and oxygen atoms in total. The molecule has 0 spiro atoms. The summed E-state index contributed by atoms with van der Waals surface area (Å²) in [7, 11) is 0. The number of aliphatic hydroxyl groups is 1. The van der Waals surface area contributed by atoms with Gasteiger partial charge in [0.2, 0.25) is 0 Å². The van der Waals surface area contributed by atoms with Crippen LogP contribution in [0.3, 0.4) is 0 Å². The second-order valence-corrected chi connectivity index (χ2v) is 5.56. The fourth-order valence-electron chi connectivity index (χ4n) is 2.17. The number of carbonyl (C=O) groups is 1. The van der Waals surface area contributed by atoms with Gasteiger partial charge in [-0.15, -0.1) is 0 Å². The standard InChI is InChI=1S/C19H24N2O3/c1-2-17(12-22)20-19(23)21-18-10-8-16(9-11-18)14-24-13-15-6-4-3-5-7-15/h3-11,17,22H,2,12-14H2,1H3,(H2,20,21,23). The first-order chi connectivity index (χ1) is 11.7. The van der Waals surface area contributed by atoms with Crippen molar-refractivity contribution in [1.29, 1.82) is 0 Å². The van der Waals surface area contributed by atoms with Gasteiger partial charge in [-0.3, -0.25) is 0 Å². The highest BCUT2D eigenvalue weighted by atomic mass is 16.5. The predicted octanol–water partition coefficient (Wildman–Crippen LogP) is 3.30. The van der Waals surface area contributed by atoms with Crippen molar-refractivity contribution in [3.8, 4) is 0 Å². The summed E-state index contributed by atoms with van der Waals surface area (Å²) in [6.45, 7) is 2.93. The van der Waals surface area contributed by atoms with Gasteiger partial charge in [-0.1, -0.05) is 49.4 Å². The van der Waals surface area contributed by atoms with Gasteiger partial charge in [-0.05, 0) is 29.7 Å². The molecule has 2 aromatic rings. The van der Waals surface area contributed by atoms with E-state index >= 15 is 0 Å². The van der Waals surface area contributed by atoms with Gasteiger partial charge < -0.3 is 20.5 Å². The highest BCUT2D eigenvalue weighted by Gasteiger charge is 2.08. The van der Waals surface area contributed by atoms with E-state index in [-0.39, 0.29) is 18.7 Å². The number of amides is 2. The zero-order chi connectivity index (χ0) is 17.2. The number of carbonyl (C=O) groups excluding carboxylic acids is 1. The van der Waals surface area contributed by atoms with Crippen LogP contribution in [0.2, 0.25) is 0 Å². The van der Waals surface area contributed by atoms with Crippen molar-refractivity contribution in [3.63, 3.8) is 0 Å². The second-order valence-electron chi connectivity index (χ2n) is 5.56. The molecule has 2 rings (SSSR count). The van der Waals surface area contributed by atoms with Crippen molar-refractivity contribution >= 4 is 11.7 Å². The average Bonchev–Trinajstić information content (AvgIpc) is 2.62. The molecule has 2 aromatic carbocycles. The Morgan fingerprint density at radius 2 is 1.67 bits per heavy atom. The van der Waals surface area contributed by atoms with E-state index in [0.717, 1.165) is 11.1 Å². The van der Waals surface area contributed by atoms with Crippen LogP contribution in [0.5, 0.6) is 0 Å². The fourth-order valence-corrected chi connectivity index (χ4v) is 2.17. The molecule has 0 aromatic heterocycles. The Balaban J connectivity index is 1.77. The van der Waals surface area contributed by atoms with Crippen molar-refractivity contribution < 1.29 is 14.6 Å². The summed E-state index contributed by atoms with van der Waals surface area (Å²) in [4.78, 5) is 11.8. The van der Waals surface area contributed by atoms with E-state index in [1.807, 2.05) is 61.5 Å². The Bertz CT molecular complexity index is 610. The van der Waals surface area contributed by atoms with Crippen molar-refractivity contribution in [2.45, 2.75) is 32.6 Å². The number of urea groups is 1. The molecule has 0 saturated carbocycles. The van der Waals surface area contributed by atoms with Gasteiger partial charge in [0.25, 0.3) is 0 Å². The first-order valence-corrected chi connectivity index (χ1v) is 8.10. The van der Waals surface area contributed by atoms with Crippen LogP contribution >= 0.6 is 0 Å². The molecular formula is C19H24N2O3. The molecule has 0 heterocycles. The van der Waals surface area contributed by atoms with E-state index < -0.39 is 0 Å². The molecule has 2 amide bonds. The molecule has 1 unspecified atom stereocenters. The van der Waals surface area contributed by atoms with Crippen molar-refractivity contribution in [2.24, 2.45) is 0 Å². The van der Waals surface area contributed by atoms with Gasteiger partial charge in [0, 0.05) is 5.69 Å². The third-order valence-electron chi connectivity index (χ3n) is 3.64. The summed E-state index contributed by atoms with van der Waals surface area (Å²) >= 11 is 0. The van der Waals surface area contributed by atoms with E-state index in [0.29, 0.717) is 25.3 Å². The molecule has 1 atom stereocenters. The minimum Gasteiger partial charge on any atom is -0.394 e. The lowest BCUT2D eigenvalue weighted by Gasteiger charge is -2.14. The Hall–Kier alpha value is -2.37. The van der Waals surface area contributed by atoms with Gasteiger partial charge >= 0.3 is 6.03 Å². The molecule has 24 heavy (non-hydrogen) atoms. The van der Waals surface area contributed by atoms with Gasteiger partial charge in [-0.25, -0.2) is 4.79 Å². The maximum absolute atomic E-state index is 11.8. The van der Waals surface area contributed by atoms with Crippen LogP contribution in [-0.4, -0.2) is 23.8 Å². The third kappa shape index (κ3) is 6.02.